The molecule has 20 heavy (non-hydrogen) atoms. The first-order valence-electron chi connectivity index (χ1n) is 6.54. The van der Waals surface area contributed by atoms with Crippen LogP contribution in [0.5, 0.6) is 5.75 Å². The zero-order valence-corrected chi connectivity index (χ0v) is 11.7. The van der Waals surface area contributed by atoms with Gasteiger partial charge in [-0.3, -0.25) is 4.79 Å². The third kappa shape index (κ3) is 3.85. The summed E-state index contributed by atoms with van der Waals surface area (Å²) in [6.07, 6.45) is 0.0538. The molecule has 2 rings (SSSR count). The number of aryl methyl sites for hydroxylation is 2. The van der Waals surface area contributed by atoms with Crippen LogP contribution in [0.1, 0.15) is 22.3 Å². The van der Waals surface area contributed by atoms with Gasteiger partial charge in [0.15, 0.2) is 0 Å². The van der Waals surface area contributed by atoms with Crippen molar-refractivity contribution in [2.24, 2.45) is 0 Å². The van der Waals surface area contributed by atoms with Gasteiger partial charge in [0.1, 0.15) is 12.4 Å². The largest absolute Gasteiger partial charge is 0.489 e. The Morgan fingerprint density at radius 1 is 1.05 bits per heavy atom. The van der Waals surface area contributed by atoms with E-state index < -0.39 is 5.97 Å². The smallest absolute Gasteiger partial charge is 0.307 e. The minimum Gasteiger partial charge on any atom is -0.489 e. The highest BCUT2D eigenvalue weighted by atomic mass is 16.5. The molecule has 0 aliphatic heterocycles. The maximum atomic E-state index is 10.6. The number of rotatable bonds is 5. The summed E-state index contributed by atoms with van der Waals surface area (Å²) in [6.45, 7) is 4.56. The van der Waals surface area contributed by atoms with Crippen LogP contribution < -0.4 is 4.74 Å². The van der Waals surface area contributed by atoms with Crippen LogP contribution in [0, 0.1) is 13.8 Å². The molecule has 0 aliphatic carbocycles. The van der Waals surface area contributed by atoms with Gasteiger partial charge in [-0.1, -0.05) is 42.0 Å². The number of hydrogen-bond donors (Lipinski definition) is 1. The Bertz CT molecular complexity index is 600. The Morgan fingerprint density at radius 2 is 1.70 bits per heavy atom. The van der Waals surface area contributed by atoms with Gasteiger partial charge in [0.05, 0.1) is 6.42 Å². The molecule has 0 unspecified atom stereocenters. The molecule has 1 N–H and O–H groups in total. The van der Waals surface area contributed by atoms with Crippen LogP contribution in [-0.2, 0) is 17.8 Å². The summed E-state index contributed by atoms with van der Waals surface area (Å²) >= 11 is 0. The number of ether oxygens (including phenoxy) is 1. The molecule has 0 aliphatic rings. The molecule has 0 bridgehead atoms. The fourth-order valence-electron chi connectivity index (χ4n) is 2.05. The molecular weight excluding hydrogens is 252 g/mol. The summed E-state index contributed by atoms with van der Waals surface area (Å²) in [7, 11) is 0. The van der Waals surface area contributed by atoms with Crippen molar-refractivity contribution in [3.63, 3.8) is 0 Å². The second-order valence-corrected chi connectivity index (χ2v) is 4.94. The highest BCUT2D eigenvalue weighted by Crippen LogP contribution is 2.20. The number of carbonyl (C=O) groups is 1. The molecule has 3 nitrogen and oxygen atoms in total. The van der Waals surface area contributed by atoms with Crippen LogP contribution in [0.3, 0.4) is 0 Å². The number of benzene rings is 2. The first-order valence-corrected chi connectivity index (χ1v) is 6.54. The average Bonchev–Trinajstić information content (AvgIpc) is 2.39. The standard InChI is InChI=1S/C17H18O3/c1-12-3-8-16(13(2)9-12)20-11-15-6-4-14(5-7-15)10-17(18)19/h3-9H,10-11H2,1-2H3,(H,18,19). The number of aliphatic carboxylic acids is 1. The van der Waals surface area contributed by atoms with Crippen LogP contribution in [0.15, 0.2) is 42.5 Å². The van der Waals surface area contributed by atoms with E-state index in [1.165, 1.54) is 5.56 Å². The van der Waals surface area contributed by atoms with Crippen LogP contribution in [0.25, 0.3) is 0 Å². The van der Waals surface area contributed by atoms with Gasteiger partial charge in [0.25, 0.3) is 0 Å². The summed E-state index contributed by atoms with van der Waals surface area (Å²) in [5.74, 6) is 0.0643. The van der Waals surface area contributed by atoms with Gasteiger partial charge in [0.2, 0.25) is 0 Å². The van der Waals surface area contributed by atoms with Gasteiger partial charge < -0.3 is 9.84 Å². The maximum absolute atomic E-state index is 10.6. The van der Waals surface area contributed by atoms with E-state index in [1.807, 2.05) is 43.3 Å². The molecule has 3 heteroatoms. The van der Waals surface area contributed by atoms with Gasteiger partial charge in [-0.2, -0.15) is 0 Å². The normalized spacial score (nSPS) is 10.3. The second kappa shape index (κ2) is 6.24. The second-order valence-electron chi connectivity index (χ2n) is 4.94. The Morgan fingerprint density at radius 3 is 2.30 bits per heavy atom. The first kappa shape index (κ1) is 14.1. The molecule has 0 amide bonds. The van der Waals surface area contributed by atoms with Gasteiger partial charge in [0, 0.05) is 0 Å². The van der Waals surface area contributed by atoms with E-state index in [0.717, 1.165) is 22.4 Å². The predicted octanol–water partition coefficient (Wildman–Crippen LogP) is 3.51. The van der Waals surface area contributed by atoms with E-state index in [9.17, 15) is 4.79 Å². The third-order valence-corrected chi connectivity index (χ3v) is 3.10. The zero-order valence-electron chi connectivity index (χ0n) is 11.7. The lowest BCUT2D eigenvalue weighted by Crippen LogP contribution is -2.01. The quantitative estimate of drug-likeness (QED) is 0.904. The molecule has 0 spiro atoms. The molecule has 0 saturated heterocycles. The van der Waals surface area contributed by atoms with Crippen LogP contribution in [0.4, 0.5) is 0 Å². The van der Waals surface area contributed by atoms with Gasteiger partial charge in [-0.15, -0.1) is 0 Å². The minimum absolute atomic E-state index is 0.0538. The Balaban J connectivity index is 1.98. The van der Waals surface area contributed by atoms with Crippen LogP contribution >= 0.6 is 0 Å². The summed E-state index contributed by atoms with van der Waals surface area (Å²) < 4.78 is 5.78. The van der Waals surface area contributed by atoms with E-state index in [1.54, 1.807) is 0 Å². The molecule has 2 aromatic carbocycles. The van der Waals surface area contributed by atoms with Crippen molar-refractivity contribution < 1.29 is 14.6 Å². The Labute approximate surface area is 118 Å². The zero-order chi connectivity index (χ0) is 14.5. The number of hydrogen-bond acceptors (Lipinski definition) is 2. The monoisotopic (exact) mass is 270 g/mol. The van der Waals surface area contributed by atoms with Crippen molar-refractivity contribution >= 4 is 5.97 Å². The number of carboxylic acids is 1. The van der Waals surface area contributed by atoms with Crippen molar-refractivity contribution in [1.82, 2.24) is 0 Å². The van der Waals surface area contributed by atoms with Crippen LogP contribution in [-0.4, -0.2) is 11.1 Å². The minimum atomic E-state index is -0.815. The fourth-order valence-corrected chi connectivity index (χ4v) is 2.05. The van der Waals surface area contributed by atoms with Crippen molar-refractivity contribution in [2.45, 2.75) is 26.9 Å². The highest BCUT2D eigenvalue weighted by molar-refractivity contribution is 5.70. The molecule has 0 fully saturated rings. The summed E-state index contributed by atoms with van der Waals surface area (Å²) in [4.78, 5) is 10.6. The summed E-state index contributed by atoms with van der Waals surface area (Å²) in [5, 5.41) is 8.72. The van der Waals surface area contributed by atoms with E-state index >= 15 is 0 Å². The molecule has 2 aromatic rings. The van der Waals surface area contributed by atoms with E-state index in [-0.39, 0.29) is 6.42 Å². The van der Waals surface area contributed by atoms with Gasteiger partial charge >= 0.3 is 5.97 Å². The topological polar surface area (TPSA) is 46.5 Å². The van der Waals surface area contributed by atoms with E-state index in [2.05, 4.69) is 13.0 Å². The van der Waals surface area contributed by atoms with Crippen molar-refractivity contribution in [1.29, 1.82) is 0 Å². The fraction of sp³-hybridized carbons (Fsp3) is 0.235. The molecule has 0 saturated carbocycles. The third-order valence-electron chi connectivity index (χ3n) is 3.10. The lowest BCUT2D eigenvalue weighted by molar-refractivity contribution is -0.136. The van der Waals surface area contributed by atoms with Crippen molar-refractivity contribution in [2.75, 3.05) is 0 Å². The highest BCUT2D eigenvalue weighted by Gasteiger charge is 2.02. The molecule has 0 heterocycles. The van der Waals surface area contributed by atoms with Gasteiger partial charge in [-0.05, 0) is 36.6 Å². The van der Waals surface area contributed by atoms with Crippen molar-refractivity contribution in [3.05, 3.63) is 64.7 Å². The van der Waals surface area contributed by atoms with Crippen LogP contribution in [0.2, 0.25) is 0 Å². The Hall–Kier alpha value is -2.29. The molecular formula is C17H18O3. The lowest BCUT2D eigenvalue weighted by Gasteiger charge is -2.10. The Kier molecular flexibility index (Phi) is 4.41. The molecule has 104 valence electrons. The predicted molar refractivity (Wildman–Crippen MR) is 78.0 cm³/mol. The van der Waals surface area contributed by atoms with E-state index in [0.29, 0.717) is 6.61 Å². The molecule has 0 atom stereocenters. The average molecular weight is 270 g/mol. The maximum Gasteiger partial charge on any atom is 0.307 e. The SMILES string of the molecule is Cc1ccc(OCc2ccc(CC(=O)O)cc2)c(C)c1. The lowest BCUT2D eigenvalue weighted by atomic mass is 10.1. The summed E-state index contributed by atoms with van der Waals surface area (Å²) in [6, 6.07) is 13.6. The van der Waals surface area contributed by atoms with Gasteiger partial charge in [-0.25, -0.2) is 0 Å². The summed E-state index contributed by atoms with van der Waals surface area (Å²) in [5.41, 5.74) is 4.16. The first-order chi connectivity index (χ1) is 9.54. The molecule has 0 aromatic heterocycles. The van der Waals surface area contributed by atoms with E-state index in [4.69, 9.17) is 9.84 Å². The van der Waals surface area contributed by atoms with Crippen molar-refractivity contribution in [3.8, 4) is 5.75 Å². The number of carboxylic acid groups (broad SMARTS) is 1. The molecule has 0 radical (unpaired) electrons.